The molecule has 0 spiro atoms. The summed E-state index contributed by atoms with van der Waals surface area (Å²) >= 11 is 7.87. The molecule has 0 aromatic heterocycles. The standard InChI is InChI=1S/C8H6ClIO2/c1-4-5(8(11)12)2-3-6(10)7(4)9/h2-3H,1H3,(H,11,12)/p-1. The Kier molecular flexibility index (Phi) is 2.95. The molecule has 0 N–H and O–H groups in total. The molecule has 0 amide bonds. The van der Waals surface area contributed by atoms with Gasteiger partial charge in [-0.15, -0.1) is 0 Å². The van der Waals surface area contributed by atoms with Crippen LogP contribution in [0.5, 0.6) is 0 Å². The first-order chi connectivity index (χ1) is 5.54. The van der Waals surface area contributed by atoms with Gasteiger partial charge >= 0.3 is 0 Å². The lowest BCUT2D eigenvalue weighted by Gasteiger charge is -2.08. The average Bonchev–Trinajstić information content (AvgIpc) is 2.00. The summed E-state index contributed by atoms with van der Waals surface area (Å²) in [7, 11) is 0. The molecule has 0 radical (unpaired) electrons. The van der Waals surface area contributed by atoms with Crippen LogP contribution in [0.2, 0.25) is 5.02 Å². The van der Waals surface area contributed by atoms with Gasteiger partial charge in [-0.2, -0.15) is 0 Å². The van der Waals surface area contributed by atoms with Gasteiger partial charge in [0.05, 0.1) is 11.0 Å². The molecule has 0 aliphatic rings. The quantitative estimate of drug-likeness (QED) is 0.739. The number of rotatable bonds is 1. The third-order valence-corrected chi connectivity index (χ3v) is 3.26. The minimum atomic E-state index is -1.19. The van der Waals surface area contributed by atoms with Crippen LogP contribution in [0.4, 0.5) is 0 Å². The molecule has 0 bridgehead atoms. The van der Waals surface area contributed by atoms with Crippen LogP contribution in [0.3, 0.4) is 0 Å². The maximum atomic E-state index is 10.5. The Morgan fingerprint density at radius 2 is 2.17 bits per heavy atom. The smallest absolute Gasteiger partial charge is 0.0718 e. The van der Waals surface area contributed by atoms with Gasteiger partial charge in [0.1, 0.15) is 0 Å². The van der Waals surface area contributed by atoms with Gasteiger partial charge in [-0.05, 0) is 41.1 Å². The molecular formula is C8H5ClIO2-. The fraction of sp³-hybridized carbons (Fsp3) is 0.125. The van der Waals surface area contributed by atoms with Crippen molar-refractivity contribution >= 4 is 40.2 Å². The van der Waals surface area contributed by atoms with Crippen LogP contribution >= 0.6 is 34.2 Å². The third kappa shape index (κ3) is 1.72. The van der Waals surface area contributed by atoms with E-state index in [0.29, 0.717) is 10.6 Å². The molecule has 0 atom stereocenters. The Morgan fingerprint density at radius 3 is 2.67 bits per heavy atom. The molecule has 0 saturated carbocycles. The number of aromatic carboxylic acids is 1. The van der Waals surface area contributed by atoms with E-state index in [1.165, 1.54) is 6.07 Å². The van der Waals surface area contributed by atoms with Crippen LogP contribution in [-0.4, -0.2) is 5.97 Å². The van der Waals surface area contributed by atoms with E-state index in [-0.39, 0.29) is 5.56 Å². The Labute approximate surface area is 88.7 Å². The third-order valence-electron chi connectivity index (χ3n) is 1.56. The van der Waals surface area contributed by atoms with Crippen molar-refractivity contribution in [2.24, 2.45) is 0 Å². The van der Waals surface area contributed by atoms with E-state index in [1.807, 2.05) is 22.6 Å². The number of benzene rings is 1. The highest BCUT2D eigenvalue weighted by Crippen LogP contribution is 2.24. The number of carboxylic acids is 1. The number of carbonyl (C=O) groups is 1. The van der Waals surface area contributed by atoms with Crippen molar-refractivity contribution < 1.29 is 9.90 Å². The highest BCUT2D eigenvalue weighted by atomic mass is 127. The van der Waals surface area contributed by atoms with E-state index in [2.05, 4.69) is 0 Å². The predicted molar refractivity (Wildman–Crippen MR) is 53.2 cm³/mol. The van der Waals surface area contributed by atoms with Gasteiger partial charge in [0.15, 0.2) is 0 Å². The van der Waals surface area contributed by atoms with Crippen molar-refractivity contribution in [3.63, 3.8) is 0 Å². The lowest BCUT2D eigenvalue weighted by molar-refractivity contribution is -0.255. The summed E-state index contributed by atoms with van der Waals surface area (Å²) in [5.41, 5.74) is 0.712. The summed E-state index contributed by atoms with van der Waals surface area (Å²) < 4.78 is 0.844. The molecule has 0 saturated heterocycles. The zero-order chi connectivity index (χ0) is 9.30. The van der Waals surface area contributed by atoms with Gasteiger partial charge in [-0.1, -0.05) is 17.7 Å². The first-order valence-electron chi connectivity index (χ1n) is 3.20. The number of hydrogen-bond acceptors (Lipinski definition) is 2. The molecule has 1 rings (SSSR count). The largest absolute Gasteiger partial charge is 0.545 e. The van der Waals surface area contributed by atoms with Gasteiger partial charge in [0.25, 0.3) is 0 Å². The fourth-order valence-electron chi connectivity index (χ4n) is 0.873. The average molecular weight is 295 g/mol. The molecule has 12 heavy (non-hydrogen) atoms. The van der Waals surface area contributed by atoms with Crippen LogP contribution in [0, 0.1) is 10.5 Å². The fourth-order valence-corrected chi connectivity index (χ4v) is 1.62. The minimum absolute atomic E-state index is 0.153. The molecular weight excluding hydrogens is 290 g/mol. The van der Waals surface area contributed by atoms with Crippen molar-refractivity contribution in [1.82, 2.24) is 0 Å². The number of hydrogen-bond donors (Lipinski definition) is 0. The Balaban J connectivity index is 3.36. The van der Waals surface area contributed by atoms with E-state index in [4.69, 9.17) is 11.6 Å². The monoisotopic (exact) mass is 295 g/mol. The minimum Gasteiger partial charge on any atom is -0.545 e. The Bertz CT molecular complexity index is 336. The predicted octanol–water partition coefficient (Wildman–Crippen LogP) is 1.62. The molecule has 0 aliphatic heterocycles. The van der Waals surface area contributed by atoms with Crippen molar-refractivity contribution in [3.05, 3.63) is 31.9 Å². The lowest BCUT2D eigenvalue weighted by atomic mass is 10.1. The summed E-state index contributed by atoms with van der Waals surface area (Å²) in [5.74, 6) is -1.19. The highest BCUT2D eigenvalue weighted by Gasteiger charge is 2.05. The zero-order valence-electron chi connectivity index (χ0n) is 6.23. The summed E-state index contributed by atoms with van der Waals surface area (Å²) in [4.78, 5) is 10.5. The van der Waals surface area contributed by atoms with Crippen LogP contribution in [0.1, 0.15) is 15.9 Å². The maximum absolute atomic E-state index is 10.5. The molecule has 0 aliphatic carbocycles. The Morgan fingerprint density at radius 1 is 1.58 bits per heavy atom. The van der Waals surface area contributed by atoms with Crippen molar-refractivity contribution in [2.75, 3.05) is 0 Å². The zero-order valence-corrected chi connectivity index (χ0v) is 9.14. The Hall–Kier alpha value is -0.290. The summed E-state index contributed by atoms with van der Waals surface area (Å²) in [6, 6.07) is 3.15. The van der Waals surface area contributed by atoms with Crippen molar-refractivity contribution in [1.29, 1.82) is 0 Å². The van der Waals surface area contributed by atoms with Gasteiger partial charge in [0, 0.05) is 9.13 Å². The molecule has 1 aromatic carbocycles. The molecule has 0 heterocycles. The van der Waals surface area contributed by atoms with E-state index in [9.17, 15) is 9.90 Å². The van der Waals surface area contributed by atoms with E-state index < -0.39 is 5.97 Å². The van der Waals surface area contributed by atoms with Crippen LogP contribution in [0.25, 0.3) is 0 Å². The lowest BCUT2D eigenvalue weighted by Crippen LogP contribution is -2.23. The number of carboxylic acid groups (broad SMARTS) is 1. The second-order valence-corrected chi connectivity index (χ2v) is 3.86. The van der Waals surface area contributed by atoms with E-state index in [1.54, 1.807) is 13.0 Å². The number of carbonyl (C=O) groups excluding carboxylic acids is 1. The van der Waals surface area contributed by atoms with E-state index >= 15 is 0 Å². The van der Waals surface area contributed by atoms with Gasteiger partial charge < -0.3 is 9.90 Å². The topological polar surface area (TPSA) is 40.1 Å². The SMILES string of the molecule is Cc1c(C(=O)[O-])ccc(I)c1Cl. The normalized spacial score (nSPS) is 9.92. The summed E-state index contributed by atoms with van der Waals surface area (Å²) in [6.45, 7) is 1.66. The molecule has 2 nitrogen and oxygen atoms in total. The molecule has 0 unspecified atom stereocenters. The summed E-state index contributed by atoms with van der Waals surface area (Å²) in [5, 5.41) is 11.0. The van der Waals surface area contributed by atoms with Crippen molar-refractivity contribution in [2.45, 2.75) is 6.92 Å². The van der Waals surface area contributed by atoms with Crippen LogP contribution in [-0.2, 0) is 0 Å². The molecule has 4 heteroatoms. The van der Waals surface area contributed by atoms with Gasteiger partial charge in [-0.25, -0.2) is 0 Å². The van der Waals surface area contributed by atoms with Crippen LogP contribution < -0.4 is 5.11 Å². The first-order valence-corrected chi connectivity index (χ1v) is 4.65. The second-order valence-electron chi connectivity index (χ2n) is 2.32. The van der Waals surface area contributed by atoms with Gasteiger partial charge in [-0.3, -0.25) is 0 Å². The first kappa shape index (κ1) is 9.80. The summed E-state index contributed by atoms with van der Waals surface area (Å²) in [6.07, 6.45) is 0. The second kappa shape index (κ2) is 3.62. The maximum Gasteiger partial charge on any atom is 0.0718 e. The molecule has 0 fully saturated rings. The number of halogens is 2. The van der Waals surface area contributed by atoms with Crippen LogP contribution in [0.15, 0.2) is 12.1 Å². The molecule has 64 valence electrons. The van der Waals surface area contributed by atoms with Gasteiger partial charge in [0.2, 0.25) is 0 Å². The van der Waals surface area contributed by atoms with Crippen molar-refractivity contribution in [3.8, 4) is 0 Å². The highest BCUT2D eigenvalue weighted by molar-refractivity contribution is 14.1. The van der Waals surface area contributed by atoms with E-state index in [0.717, 1.165) is 3.57 Å². The molecule has 1 aromatic rings.